The summed E-state index contributed by atoms with van der Waals surface area (Å²) >= 11 is 0. The number of hydrogen-bond acceptors (Lipinski definition) is 3. The number of anilines is 1. The zero-order valence-corrected chi connectivity index (χ0v) is 10.8. The van der Waals surface area contributed by atoms with Gasteiger partial charge in [0.1, 0.15) is 5.82 Å². The van der Waals surface area contributed by atoms with Gasteiger partial charge >= 0.3 is 0 Å². The molecule has 5 nitrogen and oxygen atoms in total. The van der Waals surface area contributed by atoms with Crippen LogP contribution >= 0.6 is 0 Å². The van der Waals surface area contributed by atoms with Crippen LogP contribution in [0.4, 0.5) is 10.1 Å². The minimum absolute atomic E-state index is 0.200. The molecule has 2 aromatic heterocycles. The van der Waals surface area contributed by atoms with Crippen LogP contribution in [0.15, 0.2) is 48.9 Å². The minimum atomic E-state index is -0.770. The molecule has 0 saturated heterocycles. The number of nitrogens with zero attached hydrogens (tertiary/aromatic N) is 1. The number of fused-ring (bicyclic) bond motifs is 1. The van der Waals surface area contributed by atoms with E-state index < -0.39 is 17.5 Å². The van der Waals surface area contributed by atoms with E-state index in [4.69, 9.17) is 0 Å². The Balaban J connectivity index is 1.88. The first-order valence-electron chi connectivity index (χ1n) is 6.17. The van der Waals surface area contributed by atoms with Crippen LogP contribution in [0.25, 0.3) is 10.9 Å². The number of amides is 1. The molecular formula is C15H10FN3O2. The summed E-state index contributed by atoms with van der Waals surface area (Å²) in [6, 6.07) is 7.25. The Morgan fingerprint density at radius 1 is 1.24 bits per heavy atom. The van der Waals surface area contributed by atoms with Gasteiger partial charge in [-0.25, -0.2) is 4.39 Å². The number of Topliss-reactive ketones (excluding diaryl/α,β-unsaturated/α-hetero) is 1. The lowest BCUT2D eigenvalue weighted by Crippen LogP contribution is -2.22. The first-order chi connectivity index (χ1) is 10.1. The Hall–Kier alpha value is -3.02. The molecule has 0 bridgehead atoms. The molecule has 104 valence electrons. The zero-order chi connectivity index (χ0) is 14.8. The Morgan fingerprint density at radius 2 is 2.10 bits per heavy atom. The average Bonchev–Trinajstić information content (AvgIpc) is 2.90. The number of carbonyl (C=O) groups is 2. The highest BCUT2D eigenvalue weighted by atomic mass is 19.1. The van der Waals surface area contributed by atoms with Gasteiger partial charge in [0.2, 0.25) is 0 Å². The van der Waals surface area contributed by atoms with E-state index in [1.165, 1.54) is 30.6 Å². The molecule has 21 heavy (non-hydrogen) atoms. The Kier molecular flexibility index (Phi) is 3.19. The van der Waals surface area contributed by atoms with Gasteiger partial charge in [0.25, 0.3) is 11.7 Å². The van der Waals surface area contributed by atoms with Crippen LogP contribution in [-0.4, -0.2) is 21.7 Å². The molecule has 6 heteroatoms. The van der Waals surface area contributed by atoms with Crippen molar-refractivity contribution in [2.24, 2.45) is 0 Å². The number of benzene rings is 1. The number of halogens is 1. The topological polar surface area (TPSA) is 74.8 Å². The first kappa shape index (κ1) is 13.0. The van der Waals surface area contributed by atoms with E-state index in [1.807, 2.05) is 0 Å². The van der Waals surface area contributed by atoms with Crippen molar-refractivity contribution < 1.29 is 14.0 Å². The zero-order valence-electron chi connectivity index (χ0n) is 10.8. The van der Waals surface area contributed by atoms with Crippen LogP contribution in [0.3, 0.4) is 0 Å². The van der Waals surface area contributed by atoms with Crippen LogP contribution in [0, 0.1) is 5.82 Å². The molecule has 0 spiro atoms. The number of ketones is 1. The van der Waals surface area contributed by atoms with E-state index in [0.717, 1.165) is 0 Å². The fraction of sp³-hybridized carbons (Fsp3) is 0. The van der Waals surface area contributed by atoms with Crippen molar-refractivity contribution in [3.8, 4) is 0 Å². The third kappa shape index (κ3) is 2.51. The molecule has 0 unspecified atom stereocenters. The summed E-state index contributed by atoms with van der Waals surface area (Å²) in [4.78, 5) is 30.7. The monoisotopic (exact) mass is 283 g/mol. The number of H-pyrrole nitrogens is 1. The van der Waals surface area contributed by atoms with Crippen LogP contribution in [0.1, 0.15) is 10.4 Å². The second kappa shape index (κ2) is 5.16. The fourth-order valence-electron chi connectivity index (χ4n) is 2.03. The molecule has 2 N–H and O–H groups in total. The normalized spacial score (nSPS) is 10.5. The number of hydrogen-bond donors (Lipinski definition) is 2. The largest absolute Gasteiger partial charge is 0.360 e. The quantitative estimate of drug-likeness (QED) is 0.573. The second-order valence-corrected chi connectivity index (χ2v) is 4.42. The Labute approximate surface area is 118 Å². The number of pyridine rings is 1. The molecule has 0 aliphatic rings. The Bertz CT molecular complexity index is 827. The highest BCUT2D eigenvalue weighted by Crippen LogP contribution is 2.20. The maximum atomic E-state index is 13.1. The third-order valence-electron chi connectivity index (χ3n) is 3.01. The molecule has 0 saturated carbocycles. The van der Waals surface area contributed by atoms with Gasteiger partial charge in [-0.3, -0.25) is 14.6 Å². The van der Waals surface area contributed by atoms with Crippen LogP contribution in [0.5, 0.6) is 0 Å². The van der Waals surface area contributed by atoms with Gasteiger partial charge in [0.05, 0.1) is 17.4 Å². The lowest BCUT2D eigenvalue weighted by molar-refractivity contribution is -0.112. The van der Waals surface area contributed by atoms with Crippen LogP contribution in [-0.2, 0) is 4.79 Å². The van der Waals surface area contributed by atoms with Gasteiger partial charge in [-0.05, 0) is 30.3 Å². The van der Waals surface area contributed by atoms with Crippen molar-refractivity contribution in [1.82, 2.24) is 9.97 Å². The molecule has 3 rings (SSSR count). The molecule has 0 fully saturated rings. The minimum Gasteiger partial charge on any atom is -0.360 e. The van der Waals surface area contributed by atoms with E-state index in [0.29, 0.717) is 16.6 Å². The first-order valence-corrected chi connectivity index (χ1v) is 6.17. The van der Waals surface area contributed by atoms with Crippen molar-refractivity contribution in [3.05, 3.63) is 60.3 Å². The summed E-state index contributed by atoms with van der Waals surface area (Å²) in [6.45, 7) is 0. The van der Waals surface area contributed by atoms with E-state index in [1.54, 1.807) is 18.3 Å². The average molecular weight is 283 g/mol. The molecule has 0 aliphatic carbocycles. The van der Waals surface area contributed by atoms with Gasteiger partial charge in [-0.1, -0.05) is 0 Å². The molecule has 1 amide bonds. The summed E-state index contributed by atoms with van der Waals surface area (Å²) < 4.78 is 13.1. The second-order valence-electron chi connectivity index (χ2n) is 4.42. The smallest absolute Gasteiger partial charge is 0.296 e. The SMILES string of the molecule is O=C(Nc1cccnc1)C(=O)c1c[nH]c2cc(F)ccc12. The van der Waals surface area contributed by atoms with Crippen molar-refractivity contribution in [2.45, 2.75) is 0 Å². The lowest BCUT2D eigenvalue weighted by atomic mass is 10.1. The number of carbonyl (C=O) groups excluding carboxylic acids is 2. The predicted molar refractivity (Wildman–Crippen MR) is 75.5 cm³/mol. The van der Waals surface area contributed by atoms with Gasteiger partial charge in [-0.15, -0.1) is 0 Å². The van der Waals surface area contributed by atoms with Gasteiger partial charge in [-0.2, -0.15) is 0 Å². The van der Waals surface area contributed by atoms with Crippen LogP contribution in [0.2, 0.25) is 0 Å². The van der Waals surface area contributed by atoms with Crippen molar-refractivity contribution in [1.29, 1.82) is 0 Å². The van der Waals surface area contributed by atoms with Crippen molar-refractivity contribution >= 4 is 28.3 Å². The molecule has 3 aromatic rings. The molecule has 1 aromatic carbocycles. The molecule has 0 aliphatic heterocycles. The fourth-order valence-corrected chi connectivity index (χ4v) is 2.03. The Morgan fingerprint density at radius 3 is 2.86 bits per heavy atom. The highest BCUT2D eigenvalue weighted by Gasteiger charge is 2.20. The number of rotatable bonds is 3. The summed E-state index contributed by atoms with van der Waals surface area (Å²) in [5.74, 6) is -1.88. The molecule has 0 radical (unpaired) electrons. The standard InChI is InChI=1S/C15H10FN3O2/c16-9-3-4-11-12(8-18-13(11)6-9)14(20)15(21)19-10-2-1-5-17-7-10/h1-8,18H,(H,19,21). The lowest BCUT2D eigenvalue weighted by Gasteiger charge is -2.02. The van der Waals surface area contributed by atoms with Crippen molar-refractivity contribution in [2.75, 3.05) is 5.32 Å². The number of nitrogens with one attached hydrogen (secondary N) is 2. The maximum absolute atomic E-state index is 13.1. The van der Waals surface area contributed by atoms with E-state index >= 15 is 0 Å². The van der Waals surface area contributed by atoms with E-state index in [2.05, 4.69) is 15.3 Å². The van der Waals surface area contributed by atoms with Gasteiger partial charge in [0, 0.05) is 23.3 Å². The van der Waals surface area contributed by atoms with Crippen molar-refractivity contribution in [3.63, 3.8) is 0 Å². The molecule has 0 atom stereocenters. The summed E-state index contributed by atoms with van der Waals surface area (Å²) in [5.41, 5.74) is 1.10. The van der Waals surface area contributed by atoms with E-state index in [-0.39, 0.29) is 5.56 Å². The van der Waals surface area contributed by atoms with Gasteiger partial charge < -0.3 is 10.3 Å². The molecular weight excluding hydrogens is 273 g/mol. The van der Waals surface area contributed by atoms with E-state index in [9.17, 15) is 14.0 Å². The summed E-state index contributed by atoms with van der Waals surface area (Å²) in [6.07, 6.45) is 4.40. The van der Waals surface area contributed by atoms with Gasteiger partial charge in [0.15, 0.2) is 0 Å². The van der Waals surface area contributed by atoms with Crippen LogP contribution < -0.4 is 5.32 Å². The summed E-state index contributed by atoms with van der Waals surface area (Å²) in [7, 11) is 0. The number of aromatic amines is 1. The third-order valence-corrected chi connectivity index (χ3v) is 3.01. The maximum Gasteiger partial charge on any atom is 0.296 e. The number of aromatic nitrogens is 2. The highest BCUT2D eigenvalue weighted by molar-refractivity contribution is 6.48. The molecule has 2 heterocycles. The predicted octanol–water partition coefficient (Wildman–Crippen LogP) is 2.52. The summed E-state index contributed by atoms with van der Waals surface area (Å²) in [5, 5.41) is 2.97.